The normalized spacial score (nSPS) is 25.5. The Morgan fingerprint density at radius 2 is 2.26 bits per heavy atom. The van der Waals surface area contributed by atoms with Gasteiger partial charge >= 0.3 is 0 Å². The van der Waals surface area contributed by atoms with Crippen molar-refractivity contribution in [1.29, 1.82) is 0 Å². The Labute approximate surface area is 116 Å². The summed E-state index contributed by atoms with van der Waals surface area (Å²) in [6.45, 7) is 5.94. The zero-order chi connectivity index (χ0) is 13.1. The predicted octanol–water partition coefficient (Wildman–Crippen LogP) is 2.61. The molecule has 2 atom stereocenters. The van der Waals surface area contributed by atoms with Crippen LogP contribution in [0.2, 0.25) is 0 Å². The topological polar surface area (TPSA) is 28.2 Å². The Balaban J connectivity index is 1.66. The van der Waals surface area contributed by atoms with Crippen LogP contribution in [0.5, 0.6) is 0 Å². The highest BCUT2D eigenvalue weighted by Gasteiger charge is 2.34. The Kier molecular flexibility index (Phi) is 4.14. The van der Waals surface area contributed by atoms with E-state index in [1.807, 2.05) is 12.3 Å². The van der Waals surface area contributed by atoms with Gasteiger partial charge in [0.05, 0.1) is 5.69 Å². The van der Waals surface area contributed by atoms with Gasteiger partial charge < -0.3 is 5.32 Å². The van der Waals surface area contributed by atoms with Gasteiger partial charge in [-0.25, -0.2) is 0 Å². The Hall–Kier alpha value is -0.930. The first-order valence-corrected chi connectivity index (χ1v) is 7.72. The number of piperidine rings is 1. The van der Waals surface area contributed by atoms with E-state index in [-0.39, 0.29) is 0 Å². The van der Waals surface area contributed by atoms with Gasteiger partial charge in [0.25, 0.3) is 0 Å². The molecular formula is C16H25N3. The summed E-state index contributed by atoms with van der Waals surface area (Å²) in [5.41, 5.74) is 1.22. The minimum Gasteiger partial charge on any atom is -0.316 e. The third-order valence-electron chi connectivity index (χ3n) is 4.50. The maximum absolute atomic E-state index is 4.55. The molecule has 3 nitrogen and oxygen atoms in total. The van der Waals surface area contributed by atoms with E-state index in [1.165, 1.54) is 51.0 Å². The second-order valence-electron chi connectivity index (χ2n) is 6.07. The minimum atomic E-state index is 0.454. The maximum Gasteiger partial charge on any atom is 0.0572 e. The smallest absolute Gasteiger partial charge is 0.0572 e. The van der Waals surface area contributed by atoms with E-state index in [1.54, 1.807) is 0 Å². The van der Waals surface area contributed by atoms with E-state index in [0.717, 1.165) is 12.0 Å². The van der Waals surface area contributed by atoms with Gasteiger partial charge in [0, 0.05) is 24.8 Å². The first kappa shape index (κ1) is 13.1. The summed E-state index contributed by atoms with van der Waals surface area (Å²) < 4.78 is 0. The van der Waals surface area contributed by atoms with E-state index < -0.39 is 0 Å². The largest absolute Gasteiger partial charge is 0.316 e. The quantitative estimate of drug-likeness (QED) is 0.881. The number of hydrogen-bond donors (Lipinski definition) is 1. The van der Waals surface area contributed by atoms with E-state index in [9.17, 15) is 0 Å². The molecule has 0 aromatic carbocycles. The maximum atomic E-state index is 4.55. The lowest BCUT2D eigenvalue weighted by Gasteiger charge is -2.34. The van der Waals surface area contributed by atoms with Crippen LogP contribution < -0.4 is 5.32 Å². The van der Waals surface area contributed by atoms with Crippen LogP contribution in [-0.2, 0) is 0 Å². The van der Waals surface area contributed by atoms with Gasteiger partial charge in [0.15, 0.2) is 0 Å². The molecule has 1 saturated heterocycles. The summed E-state index contributed by atoms with van der Waals surface area (Å²) >= 11 is 0. The molecule has 0 spiro atoms. The van der Waals surface area contributed by atoms with Gasteiger partial charge in [-0.2, -0.15) is 0 Å². The molecule has 2 fully saturated rings. The first-order chi connectivity index (χ1) is 9.34. The van der Waals surface area contributed by atoms with E-state index >= 15 is 0 Å². The summed E-state index contributed by atoms with van der Waals surface area (Å²) in [4.78, 5) is 7.24. The zero-order valence-electron chi connectivity index (χ0n) is 11.9. The fourth-order valence-corrected chi connectivity index (χ4v) is 3.20. The van der Waals surface area contributed by atoms with Crippen LogP contribution in [0.1, 0.15) is 44.3 Å². The Morgan fingerprint density at radius 1 is 1.37 bits per heavy atom. The molecular weight excluding hydrogens is 234 g/mol. The third-order valence-corrected chi connectivity index (χ3v) is 4.50. The molecule has 1 aliphatic heterocycles. The van der Waals surface area contributed by atoms with Crippen LogP contribution in [0.3, 0.4) is 0 Å². The van der Waals surface area contributed by atoms with Crippen molar-refractivity contribution in [2.45, 2.75) is 44.7 Å². The minimum absolute atomic E-state index is 0.454. The monoisotopic (exact) mass is 259 g/mol. The van der Waals surface area contributed by atoms with Gasteiger partial charge in [-0.3, -0.25) is 9.88 Å². The molecule has 0 radical (unpaired) electrons. The highest BCUT2D eigenvalue weighted by Crippen LogP contribution is 2.34. The Morgan fingerprint density at radius 3 is 2.89 bits per heavy atom. The zero-order valence-corrected chi connectivity index (χ0v) is 11.9. The second kappa shape index (κ2) is 6.02. The van der Waals surface area contributed by atoms with Crippen LogP contribution in [-0.4, -0.2) is 35.6 Å². The lowest BCUT2D eigenvalue weighted by molar-refractivity contribution is 0.151. The van der Waals surface area contributed by atoms with Crippen LogP contribution in [0.25, 0.3) is 0 Å². The molecule has 2 unspecified atom stereocenters. The molecule has 104 valence electrons. The van der Waals surface area contributed by atoms with Crippen molar-refractivity contribution >= 4 is 0 Å². The fourth-order valence-electron chi connectivity index (χ4n) is 3.20. The second-order valence-corrected chi connectivity index (χ2v) is 6.07. The predicted molar refractivity (Wildman–Crippen MR) is 78.0 cm³/mol. The van der Waals surface area contributed by atoms with E-state index in [0.29, 0.717) is 6.04 Å². The molecule has 1 aliphatic carbocycles. The highest BCUT2D eigenvalue weighted by molar-refractivity contribution is 5.09. The molecule has 19 heavy (non-hydrogen) atoms. The lowest BCUT2D eigenvalue weighted by Crippen LogP contribution is -2.40. The van der Waals surface area contributed by atoms with Crippen molar-refractivity contribution in [3.8, 4) is 0 Å². The van der Waals surface area contributed by atoms with Crippen LogP contribution >= 0.6 is 0 Å². The van der Waals surface area contributed by atoms with Crippen molar-refractivity contribution in [2.75, 3.05) is 19.6 Å². The van der Waals surface area contributed by atoms with Crippen LogP contribution in [0, 0.1) is 5.92 Å². The van der Waals surface area contributed by atoms with Gasteiger partial charge in [0.2, 0.25) is 0 Å². The van der Waals surface area contributed by atoms with Crippen molar-refractivity contribution in [3.05, 3.63) is 30.1 Å². The lowest BCUT2D eigenvalue weighted by atomic mass is 9.98. The number of nitrogens with zero attached hydrogens (tertiary/aromatic N) is 2. The molecule has 3 rings (SSSR count). The first-order valence-electron chi connectivity index (χ1n) is 7.72. The standard InChI is InChI=1S/C16H25N3/c1-13(16-6-2-3-10-18-16)19(15-7-8-15)12-14-5-4-9-17-11-14/h2-3,6,10,13-15,17H,4-5,7-9,11-12H2,1H3. The van der Waals surface area contributed by atoms with Crippen molar-refractivity contribution in [1.82, 2.24) is 15.2 Å². The molecule has 0 amide bonds. The van der Waals surface area contributed by atoms with Gasteiger partial charge in [-0.15, -0.1) is 0 Å². The number of rotatable bonds is 5. The van der Waals surface area contributed by atoms with Gasteiger partial charge in [-0.05, 0) is 63.7 Å². The van der Waals surface area contributed by atoms with Crippen LogP contribution in [0.4, 0.5) is 0 Å². The summed E-state index contributed by atoms with van der Waals surface area (Å²) in [6.07, 6.45) is 7.38. The van der Waals surface area contributed by atoms with Crippen LogP contribution in [0.15, 0.2) is 24.4 Å². The molecule has 1 N–H and O–H groups in total. The van der Waals surface area contributed by atoms with Gasteiger partial charge in [0.1, 0.15) is 0 Å². The molecule has 3 heteroatoms. The molecule has 1 aromatic rings. The molecule has 1 aromatic heterocycles. The molecule has 1 saturated carbocycles. The summed E-state index contributed by atoms with van der Waals surface area (Å²) in [7, 11) is 0. The van der Waals surface area contributed by atoms with Crippen molar-refractivity contribution in [2.24, 2.45) is 5.92 Å². The summed E-state index contributed by atoms with van der Waals surface area (Å²) in [5, 5.41) is 3.54. The number of nitrogens with one attached hydrogen (secondary N) is 1. The molecule has 0 bridgehead atoms. The van der Waals surface area contributed by atoms with Crippen molar-refractivity contribution in [3.63, 3.8) is 0 Å². The Bertz CT molecular complexity index is 382. The number of hydrogen-bond acceptors (Lipinski definition) is 3. The molecule has 2 aliphatic rings. The summed E-state index contributed by atoms with van der Waals surface area (Å²) in [6, 6.07) is 7.53. The SMILES string of the molecule is CC(c1ccccn1)N(CC1CCCNC1)C1CC1. The van der Waals surface area contributed by atoms with E-state index in [2.05, 4.69) is 34.3 Å². The summed E-state index contributed by atoms with van der Waals surface area (Å²) in [5.74, 6) is 0.820. The highest BCUT2D eigenvalue weighted by atomic mass is 15.2. The average molecular weight is 259 g/mol. The number of pyridine rings is 1. The number of aromatic nitrogens is 1. The van der Waals surface area contributed by atoms with Gasteiger partial charge in [-0.1, -0.05) is 6.07 Å². The third kappa shape index (κ3) is 3.34. The average Bonchev–Trinajstić information content (AvgIpc) is 3.31. The van der Waals surface area contributed by atoms with E-state index in [4.69, 9.17) is 0 Å². The molecule has 2 heterocycles. The van der Waals surface area contributed by atoms with Crippen molar-refractivity contribution < 1.29 is 0 Å². The fraction of sp³-hybridized carbons (Fsp3) is 0.688.